The lowest BCUT2D eigenvalue weighted by Gasteiger charge is -2.13. The molecule has 0 saturated heterocycles. The summed E-state index contributed by atoms with van der Waals surface area (Å²) in [7, 11) is 0. The van der Waals surface area contributed by atoms with Gasteiger partial charge in [-0.15, -0.1) is 0 Å². The molecule has 96 valence electrons. The molecule has 2 aliphatic rings. The minimum absolute atomic E-state index is 0.116. The SMILES string of the molecule is C[C@H](NC(=O)c1cc(Cl)c2c(c1)OCO2)C1CC1. The van der Waals surface area contributed by atoms with Gasteiger partial charge in [-0.2, -0.15) is 0 Å². The van der Waals surface area contributed by atoms with E-state index in [1.54, 1.807) is 12.1 Å². The Kier molecular flexibility index (Phi) is 2.82. The Hall–Kier alpha value is -1.42. The van der Waals surface area contributed by atoms with E-state index in [0.717, 1.165) is 0 Å². The second-order valence-corrected chi connectivity index (χ2v) is 5.20. The third-order valence-electron chi connectivity index (χ3n) is 3.38. The van der Waals surface area contributed by atoms with E-state index in [1.165, 1.54) is 12.8 Å². The van der Waals surface area contributed by atoms with Crippen molar-refractivity contribution in [2.75, 3.05) is 6.79 Å². The van der Waals surface area contributed by atoms with Gasteiger partial charge < -0.3 is 14.8 Å². The third-order valence-corrected chi connectivity index (χ3v) is 3.66. The van der Waals surface area contributed by atoms with Gasteiger partial charge in [0.05, 0.1) is 5.02 Å². The maximum Gasteiger partial charge on any atom is 0.251 e. The molecule has 0 aromatic heterocycles. The number of benzene rings is 1. The van der Waals surface area contributed by atoms with Crippen LogP contribution in [0.5, 0.6) is 11.5 Å². The van der Waals surface area contributed by atoms with Gasteiger partial charge in [0.2, 0.25) is 6.79 Å². The summed E-state index contributed by atoms with van der Waals surface area (Å²) in [6.45, 7) is 2.18. The highest BCUT2D eigenvalue weighted by atomic mass is 35.5. The summed E-state index contributed by atoms with van der Waals surface area (Å²) in [5.74, 6) is 1.56. The lowest BCUT2D eigenvalue weighted by atomic mass is 10.1. The Morgan fingerprint density at radius 3 is 2.94 bits per heavy atom. The molecule has 1 fully saturated rings. The van der Waals surface area contributed by atoms with E-state index in [0.29, 0.717) is 28.0 Å². The van der Waals surface area contributed by atoms with Gasteiger partial charge in [0.15, 0.2) is 11.5 Å². The summed E-state index contributed by atoms with van der Waals surface area (Å²) in [5, 5.41) is 3.39. The highest BCUT2D eigenvalue weighted by Crippen LogP contribution is 2.40. The number of fused-ring (bicyclic) bond motifs is 1. The van der Waals surface area contributed by atoms with Crippen LogP contribution in [0, 0.1) is 5.92 Å². The number of halogens is 1. The van der Waals surface area contributed by atoms with Crippen molar-refractivity contribution < 1.29 is 14.3 Å². The summed E-state index contributed by atoms with van der Waals surface area (Å²) in [4.78, 5) is 12.1. The Morgan fingerprint density at radius 2 is 2.22 bits per heavy atom. The van der Waals surface area contributed by atoms with E-state index in [1.807, 2.05) is 6.92 Å². The maximum atomic E-state index is 12.1. The van der Waals surface area contributed by atoms with Gasteiger partial charge in [-0.1, -0.05) is 11.6 Å². The van der Waals surface area contributed by atoms with E-state index in [-0.39, 0.29) is 18.7 Å². The molecular formula is C13H14ClNO3. The number of amides is 1. The molecule has 1 saturated carbocycles. The first-order valence-corrected chi connectivity index (χ1v) is 6.43. The molecule has 0 bridgehead atoms. The minimum Gasteiger partial charge on any atom is -0.454 e. The van der Waals surface area contributed by atoms with Crippen LogP contribution in [0.1, 0.15) is 30.1 Å². The second-order valence-electron chi connectivity index (χ2n) is 4.79. The molecule has 1 amide bonds. The number of carbonyl (C=O) groups is 1. The van der Waals surface area contributed by atoms with Gasteiger partial charge in [-0.05, 0) is 37.8 Å². The van der Waals surface area contributed by atoms with Crippen molar-refractivity contribution in [2.45, 2.75) is 25.8 Å². The van der Waals surface area contributed by atoms with Crippen LogP contribution in [0.25, 0.3) is 0 Å². The highest BCUT2D eigenvalue weighted by Gasteiger charge is 2.29. The molecule has 5 heteroatoms. The zero-order chi connectivity index (χ0) is 12.7. The average Bonchev–Trinajstić information content (AvgIpc) is 3.08. The van der Waals surface area contributed by atoms with Crippen molar-refractivity contribution in [3.63, 3.8) is 0 Å². The van der Waals surface area contributed by atoms with Crippen LogP contribution in [0.2, 0.25) is 5.02 Å². The van der Waals surface area contributed by atoms with Gasteiger partial charge in [0, 0.05) is 11.6 Å². The zero-order valence-electron chi connectivity index (χ0n) is 10.0. The zero-order valence-corrected chi connectivity index (χ0v) is 10.8. The Labute approximate surface area is 110 Å². The van der Waals surface area contributed by atoms with Crippen molar-refractivity contribution in [1.29, 1.82) is 0 Å². The normalized spacial score (nSPS) is 18.6. The molecule has 1 aliphatic heterocycles. The summed E-state index contributed by atoms with van der Waals surface area (Å²) >= 11 is 6.05. The fourth-order valence-electron chi connectivity index (χ4n) is 2.10. The fraction of sp³-hybridized carbons (Fsp3) is 0.462. The summed E-state index contributed by atoms with van der Waals surface area (Å²) in [6.07, 6.45) is 2.40. The molecular weight excluding hydrogens is 254 g/mol. The molecule has 0 unspecified atom stereocenters. The molecule has 1 atom stereocenters. The number of carbonyl (C=O) groups excluding carboxylic acids is 1. The van der Waals surface area contributed by atoms with Crippen molar-refractivity contribution in [3.8, 4) is 11.5 Å². The first-order chi connectivity index (χ1) is 8.65. The molecule has 3 rings (SSSR count). The topological polar surface area (TPSA) is 47.6 Å². The molecule has 1 aromatic carbocycles. The van der Waals surface area contributed by atoms with Gasteiger partial charge in [-0.25, -0.2) is 0 Å². The van der Waals surface area contributed by atoms with Crippen molar-refractivity contribution in [1.82, 2.24) is 5.32 Å². The summed E-state index contributed by atoms with van der Waals surface area (Å²) in [6, 6.07) is 3.49. The van der Waals surface area contributed by atoms with Crippen LogP contribution in [0.3, 0.4) is 0 Å². The first-order valence-electron chi connectivity index (χ1n) is 6.05. The molecule has 0 spiro atoms. The second kappa shape index (κ2) is 4.35. The van der Waals surface area contributed by atoms with Crippen LogP contribution in [-0.4, -0.2) is 18.7 Å². The maximum absolute atomic E-state index is 12.1. The number of ether oxygens (including phenoxy) is 2. The van der Waals surface area contributed by atoms with Gasteiger partial charge in [-0.3, -0.25) is 4.79 Å². The van der Waals surface area contributed by atoms with Crippen molar-refractivity contribution in [2.24, 2.45) is 5.92 Å². The highest BCUT2D eigenvalue weighted by molar-refractivity contribution is 6.32. The Morgan fingerprint density at radius 1 is 1.44 bits per heavy atom. The first kappa shape index (κ1) is 11.7. The third kappa shape index (κ3) is 2.12. The van der Waals surface area contributed by atoms with Crippen LogP contribution < -0.4 is 14.8 Å². The summed E-state index contributed by atoms with van der Waals surface area (Å²) < 4.78 is 10.5. The molecule has 1 aliphatic carbocycles. The molecule has 1 aromatic rings. The molecule has 1 heterocycles. The number of hydrogen-bond donors (Lipinski definition) is 1. The van der Waals surface area contributed by atoms with E-state index in [4.69, 9.17) is 21.1 Å². The van der Waals surface area contributed by atoms with Crippen LogP contribution >= 0.6 is 11.6 Å². The van der Waals surface area contributed by atoms with Gasteiger partial charge in [0.25, 0.3) is 5.91 Å². The van der Waals surface area contributed by atoms with Crippen molar-refractivity contribution >= 4 is 17.5 Å². The standard InChI is InChI=1S/C13H14ClNO3/c1-7(8-2-3-8)15-13(16)9-4-10(14)12-11(5-9)17-6-18-12/h4-5,7-8H,2-3,6H2,1H3,(H,15,16)/t7-/m0/s1. The van der Waals surface area contributed by atoms with Crippen molar-refractivity contribution in [3.05, 3.63) is 22.7 Å². The van der Waals surface area contributed by atoms with Crippen LogP contribution in [0.4, 0.5) is 0 Å². The number of nitrogens with one attached hydrogen (secondary N) is 1. The van der Waals surface area contributed by atoms with E-state index < -0.39 is 0 Å². The quantitative estimate of drug-likeness (QED) is 0.916. The Bertz CT molecular complexity index is 499. The van der Waals surface area contributed by atoms with Crippen LogP contribution in [0.15, 0.2) is 12.1 Å². The fourth-order valence-corrected chi connectivity index (χ4v) is 2.37. The smallest absolute Gasteiger partial charge is 0.251 e. The monoisotopic (exact) mass is 267 g/mol. The minimum atomic E-state index is -0.116. The van der Waals surface area contributed by atoms with Gasteiger partial charge >= 0.3 is 0 Å². The molecule has 18 heavy (non-hydrogen) atoms. The molecule has 4 nitrogen and oxygen atoms in total. The summed E-state index contributed by atoms with van der Waals surface area (Å²) in [5.41, 5.74) is 0.511. The number of hydrogen-bond acceptors (Lipinski definition) is 3. The molecule has 0 radical (unpaired) electrons. The lowest BCUT2D eigenvalue weighted by molar-refractivity contribution is 0.0935. The van der Waals surface area contributed by atoms with E-state index in [9.17, 15) is 4.79 Å². The van der Waals surface area contributed by atoms with Gasteiger partial charge in [0.1, 0.15) is 0 Å². The van der Waals surface area contributed by atoms with Crippen LogP contribution in [-0.2, 0) is 0 Å². The molecule has 1 N–H and O–H groups in total. The Balaban J connectivity index is 1.79. The lowest BCUT2D eigenvalue weighted by Crippen LogP contribution is -2.33. The number of rotatable bonds is 3. The predicted molar refractivity (Wildman–Crippen MR) is 67.2 cm³/mol. The average molecular weight is 268 g/mol. The largest absolute Gasteiger partial charge is 0.454 e. The predicted octanol–water partition coefficient (Wildman–Crippen LogP) is 2.60. The van der Waals surface area contributed by atoms with E-state index in [2.05, 4.69) is 5.32 Å². The van der Waals surface area contributed by atoms with E-state index >= 15 is 0 Å².